The number of hydrogen-bond acceptors (Lipinski definition) is 4. The van der Waals surface area contributed by atoms with Crippen molar-refractivity contribution in [1.82, 2.24) is 9.80 Å². The molecule has 4 nitrogen and oxygen atoms in total. The minimum Gasteiger partial charge on any atom is -0.467 e. The smallest absolute Gasteiger partial charge is 0.259 e. The van der Waals surface area contributed by atoms with E-state index in [1.807, 2.05) is 0 Å². The fourth-order valence-corrected chi connectivity index (χ4v) is 2.64. The number of ether oxygens (including phenoxy) is 2. The molecule has 0 aromatic heterocycles. The van der Waals surface area contributed by atoms with Crippen molar-refractivity contribution in [2.75, 3.05) is 39.4 Å². The molecule has 6 heteroatoms. The normalized spacial score (nSPS) is 10.2. The number of hydrogen-bond donors (Lipinski definition) is 0. The molecule has 0 aromatic carbocycles. The first kappa shape index (κ1) is 21.4. The standard InChI is InChI=1S/C16H32N2O2S2/c1-5-9-17(10-6-2)15(21)19-13-14-20-16(22)18(11-7-3)12-8-4/h5-14H2,1-4H3. The van der Waals surface area contributed by atoms with Crippen molar-refractivity contribution < 1.29 is 9.47 Å². The minimum absolute atomic E-state index is 0.439. The minimum atomic E-state index is 0.439. The zero-order valence-corrected chi connectivity index (χ0v) is 16.2. The van der Waals surface area contributed by atoms with E-state index in [9.17, 15) is 0 Å². The maximum atomic E-state index is 5.61. The van der Waals surface area contributed by atoms with Gasteiger partial charge in [-0.1, -0.05) is 27.7 Å². The summed E-state index contributed by atoms with van der Waals surface area (Å²) >= 11 is 10.7. The molecule has 0 N–H and O–H groups in total. The molecule has 0 aliphatic rings. The predicted molar refractivity (Wildman–Crippen MR) is 101 cm³/mol. The van der Waals surface area contributed by atoms with Crippen LogP contribution in [0, 0.1) is 0 Å². The fraction of sp³-hybridized carbons (Fsp3) is 0.875. The number of rotatable bonds is 11. The number of thiocarbonyl (C=S) groups is 2. The van der Waals surface area contributed by atoms with Crippen molar-refractivity contribution in [2.45, 2.75) is 53.4 Å². The third-order valence-electron chi connectivity index (χ3n) is 3.02. The second kappa shape index (κ2) is 14.0. The highest BCUT2D eigenvalue weighted by Crippen LogP contribution is 2.01. The van der Waals surface area contributed by atoms with Gasteiger partial charge in [0, 0.05) is 26.2 Å². The van der Waals surface area contributed by atoms with Gasteiger partial charge in [0.25, 0.3) is 10.3 Å². The molecule has 0 heterocycles. The average molecular weight is 349 g/mol. The highest BCUT2D eigenvalue weighted by atomic mass is 32.1. The average Bonchev–Trinajstić information content (AvgIpc) is 2.50. The molecule has 130 valence electrons. The summed E-state index contributed by atoms with van der Waals surface area (Å²) in [4.78, 5) is 4.21. The lowest BCUT2D eigenvalue weighted by Crippen LogP contribution is -2.35. The largest absolute Gasteiger partial charge is 0.467 e. The first-order valence-corrected chi connectivity index (χ1v) is 9.25. The SMILES string of the molecule is CCCN(CCC)C(=S)OCCOC(=S)N(CCC)CCC. The molecule has 0 radical (unpaired) electrons. The molecular weight excluding hydrogens is 316 g/mol. The maximum Gasteiger partial charge on any atom is 0.259 e. The van der Waals surface area contributed by atoms with Crippen LogP contribution in [0.15, 0.2) is 0 Å². The van der Waals surface area contributed by atoms with Gasteiger partial charge in [0.15, 0.2) is 0 Å². The summed E-state index contributed by atoms with van der Waals surface area (Å²) in [7, 11) is 0. The van der Waals surface area contributed by atoms with Crippen LogP contribution in [-0.4, -0.2) is 59.5 Å². The second-order valence-electron chi connectivity index (χ2n) is 5.20. The van der Waals surface area contributed by atoms with E-state index in [0.29, 0.717) is 23.6 Å². The van der Waals surface area contributed by atoms with Gasteiger partial charge in [-0.15, -0.1) is 0 Å². The van der Waals surface area contributed by atoms with Crippen molar-refractivity contribution in [3.05, 3.63) is 0 Å². The van der Waals surface area contributed by atoms with Gasteiger partial charge in [-0.25, -0.2) is 0 Å². The Morgan fingerprint density at radius 1 is 0.636 bits per heavy atom. The molecule has 0 unspecified atom stereocenters. The quantitative estimate of drug-likeness (QED) is 0.416. The predicted octanol–water partition coefficient (Wildman–Crippen LogP) is 3.83. The van der Waals surface area contributed by atoms with E-state index in [1.165, 1.54) is 0 Å². The Hall–Kier alpha value is -0.620. The van der Waals surface area contributed by atoms with Crippen LogP contribution in [0.4, 0.5) is 0 Å². The Labute approximate surface area is 147 Å². The van der Waals surface area contributed by atoms with Crippen LogP contribution >= 0.6 is 24.4 Å². The highest BCUT2D eigenvalue weighted by molar-refractivity contribution is 7.80. The van der Waals surface area contributed by atoms with E-state index in [-0.39, 0.29) is 0 Å². The second-order valence-corrected chi connectivity index (χ2v) is 5.90. The highest BCUT2D eigenvalue weighted by Gasteiger charge is 2.11. The molecule has 0 saturated heterocycles. The van der Waals surface area contributed by atoms with Crippen LogP contribution < -0.4 is 0 Å². The zero-order chi connectivity index (χ0) is 16.8. The van der Waals surface area contributed by atoms with Gasteiger partial charge in [0.2, 0.25) is 0 Å². The van der Waals surface area contributed by atoms with Crippen LogP contribution in [0.2, 0.25) is 0 Å². The van der Waals surface area contributed by atoms with Gasteiger partial charge in [-0.3, -0.25) is 0 Å². The van der Waals surface area contributed by atoms with Crippen molar-refractivity contribution >= 4 is 34.8 Å². The third-order valence-corrected chi connectivity index (χ3v) is 3.78. The zero-order valence-electron chi connectivity index (χ0n) is 14.6. The summed E-state index contributed by atoms with van der Waals surface area (Å²) in [6.07, 6.45) is 4.25. The number of nitrogens with zero attached hydrogens (tertiary/aromatic N) is 2. The van der Waals surface area contributed by atoms with Crippen LogP contribution in [0.1, 0.15) is 53.4 Å². The van der Waals surface area contributed by atoms with Crippen LogP contribution in [0.25, 0.3) is 0 Å². The Morgan fingerprint density at radius 3 is 1.14 bits per heavy atom. The van der Waals surface area contributed by atoms with Crippen molar-refractivity contribution in [3.63, 3.8) is 0 Å². The topological polar surface area (TPSA) is 24.9 Å². The van der Waals surface area contributed by atoms with Gasteiger partial charge in [0.1, 0.15) is 13.2 Å². The molecule has 0 spiro atoms. The first-order chi connectivity index (χ1) is 10.6. The summed E-state index contributed by atoms with van der Waals surface area (Å²) in [6, 6.07) is 0. The van der Waals surface area contributed by atoms with E-state index >= 15 is 0 Å². The summed E-state index contributed by atoms with van der Waals surface area (Å²) in [5, 5.41) is 1.13. The Morgan fingerprint density at radius 2 is 0.909 bits per heavy atom. The molecule has 22 heavy (non-hydrogen) atoms. The Balaban J connectivity index is 4.03. The molecule has 0 aliphatic carbocycles. The Kier molecular flexibility index (Phi) is 13.6. The first-order valence-electron chi connectivity index (χ1n) is 8.43. The van der Waals surface area contributed by atoms with Crippen LogP contribution in [0.5, 0.6) is 0 Å². The van der Waals surface area contributed by atoms with Crippen LogP contribution in [0.3, 0.4) is 0 Å². The molecule has 0 amide bonds. The maximum absolute atomic E-state index is 5.61. The van der Waals surface area contributed by atoms with E-state index < -0.39 is 0 Å². The molecular formula is C16H32N2O2S2. The third kappa shape index (κ3) is 9.41. The van der Waals surface area contributed by atoms with Gasteiger partial charge < -0.3 is 19.3 Å². The van der Waals surface area contributed by atoms with Crippen molar-refractivity contribution in [2.24, 2.45) is 0 Å². The van der Waals surface area contributed by atoms with Crippen molar-refractivity contribution in [1.29, 1.82) is 0 Å². The lowest BCUT2D eigenvalue weighted by molar-refractivity contribution is 0.161. The summed E-state index contributed by atoms with van der Waals surface area (Å²) in [5.41, 5.74) is 0. The molecule has 0 rings (SSSR count). The molecule has 0 aliphatic heterocycles. The van der Waals surface area contributed by atoms with E-state index in [0.717, 1.165) is 51.9 Å². The lowest BCUT2D eigenvalue weighted by Gasteiger charge is -2.25. The van der Waals surface area contributed by atoms with E-state index in [2.05, 4.69) is 37.5 Å². The molecule has 0 bridgehead atoms. The Bertz CT molecular complexity index is 273. The summed E-state index contributed by atoms with van der Waals surface area (Å²) < 4.78 is 11.2. The molecule has 0 aromatic rings. The van der Waals surface area contributed by atoms with Gasteiger partial charge in [0.05, 0.1) is 0 Å². The summed E-state index contributed by atoms with van der Waals surface area (Å²) in [6.45, 7) is 13.2. The molecule has 0 fully saturated rings. The van der Waals surface area contributed by atoms with Gasteiger partial charge in [-0.2, -0.15) is 0 Å². The fourth-order valence-electron chi connectivity index (χ4n) is 2.11. The van der Waals surface area contributed by atoms with Gasteiger partial charge >= 0.3 is 0 Å². The van der Waals surface area contributed by atoms with E-state index in [1.54, 1.807) is 0 Å². The lowest BCUT2D eigenvalue weighted by atomic mass is 10.4. The summed E-state index contributed by atoms with van der Waals surface area (Å²) in [5.74, 6) is 0. The molecule has 0 atom stereocenters. The van der Waals surface area contributed by atoms with E-state index in [4.69, 9.17) is 33.9 Å². The monoisotopic (exact) mass is 348 g/mol. The van der Waals surface area contributed by atoms with Gasteiger partial charge in [-0.05, 0) is 50.1 Å². The molecule has 0 saturated carbocycles. The van der Waals surface area contributed by atoms with Crippen LogP contribution in [-0.2, 0) is 9.47 Å². The van der Waals surface area contributed by atoms with Crippen molar-refractivity contribution in [3.8, 4) is 0 Å².